The Labute approximate surface area is 183 Å². The number of carbonyl (C=O) groups excluding carboxylic acids is 1. The van der Waals surface area contributed by atoms with Crippen molar-refractivity contribution in [2.45, 2.75) is 19.8 Å². The molecule has 3 rings (SSSR count). The van der Waals surface area contributed by atoms with Crippen LogP contribution >= 0.6 is 11.3 Å². The maximum atomic E-state index is 12.5. The number of nitrogens with one attached hydrogen (secondary N) is 2. The third-order valence-corrected chi connectivity index (χ3v) is 6.11. The van der Waals surface area contributed by atoms with Crippen LogP contribution in [0, 0.1) is 5.92 Å². The molecule has 1 fully saturated rings. The van der Waals surface area contributed by atoms with Gasteiger partial charge in [0.25, 0.3) is 0 Å². The monoisotopic (exact) mass is 428 g/mol. The van der Waals surface area contributed by atoms with Crippen LogP contribution in [0.25, 0.3) is 0 Å². The van der Waals surface area contributed by atoms with Gasteiger partial charge in [0.15, 0.2) is 5.96 Å². The van der Waals surface area contributed by atoms with Crippen molar-refractivity contribution in [2.24, 2.45) is 10.9 Å². The zero-order valence-corrected chi connectivity index (χ0v) is 18.7. The molecule has 2 aromatic heterocycles. The maximum Gasteiger partial charge on any atom is 0.224 e. The number of nitrogens with zero attached hydrogens (tertiary/aromatic N) is 4. The zero-order valence-electron chi connectivity index (χ0n) is 17.9. The summed E-state index contributed by atoms with van der Waals surface area (Å²) in [5.74, 6) is 2.43. The minimum absolute atomic E-state index is 0.185. The Kier molecular flexibility index (Phi) is 8.50. The van der Waals surface area contributed by atoms with Crippen molar-refractivity contribution in [2.75, 3.05) is 51.2 Å². The van der Waals surface area contributed by atoms with Gasteiger partial charge in [-0.2, -0.15) is 0 Å². The van der Waals surface area contributed by atoms with Crippen LogP contribution in [-0.2, 0) is 11.2 Å². The van der Waals surface area contributed by atoms with E-state index in [2.05, 4.69) is 49.9 Å². The molecule has 30 heavy (non-hydrogen) atoms. The van der Waals surface area contributed by atoms with E-state index in [4.69, 9.17) is 0 Å². The number of rotatable bonds is 8. The first-order valence-electron chi connectivity index (χ1n) is 10.6. The number of pyridine rings is 1. The third kappa shape index (κ3) is 6.73. The van der Waals surface area contributed by atoms with Gasteiger partial charge in [0, 0.05) is 63.8 Å². The SMILES string of the molecule is CN=C(NCCC(=O)N1CCN(c2ccccn2)CC1)NCC(C)Cc1cccs1. The summed E-state index contributed by atoms with van der Waals surface area (Å²) < 4.78 is 0. The van der Waals surface area contributed by atoms with E-state index in [-0.39, 0.29) is 5.91 Å². The molecular weight excluding hydrogens is 396 g/mol. The molecule has 0 aromatic carbocycles. The Morgan fingerprint density at radius 2 is 2.03 bits per heavy atom. The van der Waals surface area contributed by atoms with E-state index in [9.17, 15) is 4.79 Å². The van der Waals surface area contributed by atoms with E-state index in [1.165, 1.54) is 4.88 Å². The summed E-state index contributed by atoms with van der Waals surface area (Å²) in [5, 5.41) is 8.74. The number of hydrogen-bond acceptors (Lipinski definition) is 5. The molecule has 1 atom stereocenters. The highest BCUT2D eigenvalue weighted by Gasteiger charge is 2.21. The molecule has 1 aliphatic rings. The highest BCUT2D eigenvalue weighted by Crippen LogP contribution is 2.14. The lowest BCUT2D eigenvalue weighted by molar-refractivity contribution is -0.131. The van der Waals surface area contributed by atoms with Crippen molar-refractivity contribution in [1.29, 1.82) is 0 Å². The van der Waals surface area contributed by atoms with E-state index in [0.29, 0.717) is 18.9 Å². The minimum Gasteiger partial charge on any atom is -0.356 e. The van der Waals surface area contributed by atoms with Crippen molar-refractivity contribution < 1.29 is 4.79 Å². The summed E-state index contributed by atoms with van der Waals surface area (Å²) >= 11 is 1.80. The molecule has 8 heteroatoms. The van der Waals surface area contributed by atoms with Crippen molar-refractivity contribution >= 4 is 29.0 Å². The molecule has 0 radical (unpaired) electrons. The number of aromatic nitrogens is 1. The van der Waals surface area contributed by atoms with Crippen molar-refractivity contribution in [3.05, 3.63) is 46.8 Å². The average molecular weight is 429 g/mol. The fraction of sp³-hybridized carbons (Fsp3) is 0.500. The highest BCUT2D eigenvalue weighted by molar-refractivity contribution is 7.09. The molecule has 2 aromatic rings. The molecule has 0 aliphatic carbocycles. The average Bonchev–Trinajstić information content (AvgIpc) is 3.29. The second-order valence-corrected chi connectivity index (χ2v) is 8.61. The summed E-state index contributed by atoms with van der Waals surface area (Å²) in [5.41, 5.74) is 0. The van der Waals surface area contributed by atoms with Gasteiger partial charge >= 0.3 is 0 Å². The smallest absolute Gasteiger partial charge is 0.224 e. The number of aliphatic imine (C=N–C) groups is 1. The van der Waals surface area contributed by atoms with Gasteiger partial charge in [-0.1, -0.05) is 19.1 Å². The largest absolute Gasteiger partial charge is 0.356 e. The first-order valence-corrected chi connectivity index (χ1v) is 11.4. The maximum absolute atomic E-state index is 12.5. The Morgan fingerprint density at radius 3 is 2.70 bits per heavy atom. The molecule has 2 N–H and O–H groups in total. The molecule has 7 nitrogen and oxygen atoms in total. The predicted molar refractivity (Wildman–Crippen MR) is 124 cm³/mol. The van der Waals surface area contributed by atoms with Crippen molar-refractivity contribution in [3.63, 3.8) is 0 Å². The topological polar surface area (TPSA) is 72.9 Å². The van der Waals surface area contributed by atoms with Crippen LogP contribution in [0.3, 0.4) is 0 Å². The van der Waals surface area contributed by atoms with E-state index >= 15 is 0 Å². The second kappa shape index (κ2) is 11.5. The van der Waals surface area contributed by atoms with Crippen LogP contribution in [0.4, 0.5) is 5.82 Å². The quantitative estimate of drug-likeness (QED) is 0.498. The van der Waals surface area contributed by atoms with Gasteiger partial charge in [0.05, 0.1) is 0 Å². The van der Waals surface area contributed by atoms with Gasteiger partial charge in [-0.05, 0) is 35.9 Å². The number of piperazine rings is 1. The summed E-state index contributed by atoms with van der Waals surface area (Å²) in [7, 11) is 1.76. The standard InChI is InChI=1S/C22H32N6OS/c1-18(16-19-6-5-15-30-19)17-26-22(23-2)25-10-8-21(29)28-13-11-27(12-14-28)20-7-3-4-9-24-20/h3-7,9,15,18H,8,10-14,16-17H2,1-2H3,(H2,23,25,26). The number of thiophene rings is 1. The number of amides is 1. The van der Waals surface area contributed by atoms with Gasteiger partial charge in [-0.25, -0.2) is 4.98 Å². The third-order valence-electron chi connectivity index (χ3n) is 5.21. The molecule has 1 unspecified atom stereocenters. The summed E-state index contributed by atoms with van der Waals surface area (Å²) in [6.45, 7) is 6.78. The summed E-state index contributed by atoms with van der Waals surface area (Å²) in [4.78, 5) is 26.8. The lowest BCUT2D eigenvalue weighted by atomic mass is 10.1. The first kappa shape index (κ1) is 22.1. The predicted octanol–water partition coefficient (Wildman–Crippen LogP) is 2.23. The highest BCUT2D eigenvalue weighted by atomic mass is 32.1. The van der Waals surface area contributed by atoms with Gasteiger partial charge < -0.3 is 20.4 Å². The Balaban J connectivity index is 1.32. The van der Waals surface area contributed by atoms with Crippen LogP contribution in [0.15, 0.2) is 46.9 Å². The normalized spacial score (nSPS) is 15.7. The fourth-order valence-corrected chi connectivity index (χ4v) is 4.38. The molecule has 0 bridgehead atoms. The van der Waals surface area contributed by atoms with E-state index in [0.717, 1.165) is 50.9 Å². The molecule has 1 amide bonds. The van der Waals surface area contributed by atoms with Crippen molar-refractivity contribution in [3.8, 4) is 0 Å². The van der Waals surface area contributed by atoms with Crippen LogP contribution in [0.5, 0.6) is 0 Å². The Bertz CT molecular complexity index is 787. The summed E-state index contributed by atoms with van der Waals surface area (Å²) in [6.07, 6.45) is 3.34. The second-order valence-electron chi connectivity index (χ2n) is 7.57. The van der Waals surface area contributed by atoms with Crippen LogP contribution < -0.4 is 15.5 Å². The van der Waals surface area contributed by atoms with E-state index in [1.807, 2.05) is 29.3 Å². The van der Waals surface area contributed by atoms with Gasteiger partial charge in [-0.15, -0.1) is 11.3 Å². The lowest BCUT2D eigenvalue weighted by Gasteiger charge is -2.35. The Morgan fingerprint density at radius 1 is 1.20 bits per heavy atom. The lowest BCUT2D eigenvalue weighted by Crippen LogP contribution is -2.49. The summed E-state index contributed by atoms with van der Waals surface area (Å²) in [6, 6.07) is 10.2. The molecule has 3 heterocycles. The zero-order chi connectivity index (χ0) is 21.2. The first-order chi connectivity index (χ1) is 14.7. The number of hydrogen-bond donors (Lipinski definition) is 2. The van der Waals surface area contributed by atoms with Gasteiger partial charge in [-0.3, -0.25) is 9.79 Å². The molecule has 1 aliphatic heterocycles. The van der Waals surface area contributed by atoms with Crippen molar-refractivity contribution in [1.82, 2.24) is 20.5 Å². The fourth-order valence-electron chi connectivity index (χ4n) is 3.51. The van der Waals surface area contributed by atoms with Crippen LogP contribution in [0.1, 0.15) is 18.2 Å². The minimum atomic E-state index is 0.185. The van der Waals surface area contributed by atoms with E-state index in [1.54, 1.807) is 18.4 Å². The number of anilines is 1. The number of carbonyl (C=O) groups is 1. The Hall–Kier alpha value is -2.61. The molecular formula is C22H32N6OS. The molecule has 1 saturated heterocycles. The molecule has 0 saturated carbocycles. The van der Waals surface area contributed by atoms with Crippen LogP contribution in [0.2, 0.25) is 0 Å². The molecule has 162 valence electrons. The molecule has 0 spiro atoms. The van der Waals surface area contributed by atoms with Gasteiger partial charge in [0.1, 0.15) is 5.82 Å². The van der Waals surface area contributed by atoms with Gasteiger partial charge in [0.2, 0.25) is 5.91 Å². The number of guanidine groups is 1. The van der Waals surface area contributed by atoms with E-state index < -0.39 is 0 Å². The van der Waals surface area contributed by atoms with Crippen LogP contribution in [-0.4, -0.2) is 68.1 Å².